The standard InChI is InChI=1S/C15H24N2O/c18-14-16-2-4-17(14)3-1-15-8-11-5-12(9-15)7-13(6-11)10-15/h11-13H,1-10H2,(H,16,18). The highest BCUT2D eigenvalue weighted by molar-refractivity contribution is 5.76. The number of urea groups is 1. The third-order valence-electron chi connectivity index (χ3n) is 6.02. The molecule has 5 fully saturated rings. The lowest BCUT2D eigenvalue weighted by Crippen LogP contribution is -2.47. The molecule has 2 amide bonds. The molecule has 5 aliphatic rings. The van der Waals surface area contributed by atoms with Crippen LogP contribution < -0.4 is 5.32 Å². The molecule has 1 N–H and O–H groups in total. The Hall–Kier alpha value is -0.730. The van der Waals surface area contributed by atoms with Gasteiger partial charge in [0, 0.05) is 19.6 Å². The Morgan fingerprint density at radius 1 is 1.11 bits per heavy atom. The van der Waals surface area contributed by atoms with Gasteiger partial charge in [-0.05, 0) is 68.1 Å². The Kier molecular flexibility index (Phi) is 2.40. The van der Waals surface area contributed by atoms with Crippen LogP contribution in [0.15, 0.2) is 0 Å². The highest BCUT2D eigenvalue weighted by Gasteiger charge is 2.50. The van der Waals surface area contributed by atoms with Crippen LogP contribution in [0.3, 0.4) is 0 Å². The molecule has 100 valence electrons. The minimum atomic E-state index is 0.166. The van der Waals surface area contributed by atoms with Crippen LogP contribution in [0.2, 0.25) is 0 Å². The first kappa shape index (κ1) is 11.1. The van der Waals surface area contributed by atoms with Gasteiger partial charge in [0.1, 0.15) is 0 Å². The summed E-state index contributed by atoms with van der Waals surface area (Å²) < 4.78 is 0. The van der Waals surface area contributed by atoms with Crippen molar-refractivity contribution in [1.29, 1.82) is 0 Å². The molecule has 0 aromatic heterocycles. The number of carbonyl (C=O) groups excluding carboxylic acids is 1. The molecule has 0 spiro atoms. The van der Waals surface area contributed by atoms with Crippen LogP contribution in [-0.2, 0) is 0 Å². The molecule has 1 saturated heterocycles. The van der Waals surface area contributed by atoms with Gasteiger partial charge in [0.2, 0.25) is 0 Å². The fourth-order valence-electron chi connectivity index (χ4n) is 5.69. The van der Waals surface area contributed by atoms with Gasteiger partial charge in [-0.1, -0.05) is 0 Å². The molecule has 4 bridgehead atoms. The van der Waals surface area contributed by atoms with Gasteiger partial charge >= 0.3 is 6.03 Å². The van der Waals surface area contributed by atoms with Gasteiger partial charge in [0.15, 0.2) is 0 Å². The average molecular weight is 248 g/mol. The maximum Gasteiger partial charge on any atom is 0.317 e. The van der Waals surface area contributed by atoms with Gasteiger partial charge in [-0.15, -0.1) is 0 Å². The molecule has 4 aliphatic carbocycles. The highest BCUT2D eigenvalue weighted by atomic mass is 16.2. The fraction of sp³-hybridized carbons (Fsp3) is 0.933. The van der Waals surface area contributed by atoms with Crippen LogP contribution >= 0.6 is 0 Å². The Morgan fingerprint density at radius 2 is 1.72 bits per heavy atom. The van der Waals surface area contributed by atoms with E-state index in [-0.39, 0.29) is 6.03 Å². The zero-order valence-electron chi connectivity index (χ0n) is 11.2. The topological polar surface area (TPSA) is 32.3 Å². The van der Waals surface area contributed by atoms with Crippen molar-refractivity contribution in [3.8, 4) is 0 Å². The summed E-state index contributed by atoms with van der Waals surface area (Å²) in [4.78, 5) is 13.6. The largest absolute Gasteiger partial charge is 0.336 e. The number of nitrogens with one attached hydrogen (secondary N) is 1. The minimum Gasteiger partial charge on any atom is -0.336 e. The number of hydrogen-bond donors (Lipinski definition) is 1. The Bertz CT molecular complexity index is 330. The maximum absolute atomic E-state index is 11.6. The summed E-state index contributed by atoms with van der Waals surface area (Å²) in [6, 6.07) is 0.166. The van der Waals surface area contributed by atoms with Crippen LogP contribution in [0.25, 0.3) is 0 Å². The molecule has 0 aromatic rings. The summed E-state index contributed by atoms with van der Waals surface area (Å²) in [5.41, 5.74) is 0.623. The van der Waals surface area contributed by atoms with Crippen molar-refractivity contribution in [2.75, 3.05) is 19.6 Å². The van der Waals surface area contributed by atoms with E-state index >= 15 is 0 Å². The highest BCUT2D eigenvalue weighted by Crippen LogP contribution is 2.61. The minimum absolute atomic E-state index is 0.166. The van der Waals surface area contributed by atoms with E-state index in [4.69, 9.17) is 0 Å². The summed E-state index contributed by atoms with van der Waals surface area (Å²) in [7, 11) is 0. The van der Waals surface area contributed by atoms with Crippen molar-refractivity contribution in [3.63, 3.8) is 0 Å². The number of rotatable bonds is 3. The monoisotopic (exact) mass is 248 g/mol. The summed E-state index contributed by atoms with van der Waals surface area (Å²) in [6.45, 7) is 2.77. The van der Waals surface area contributed by atoms with E-state index in [2.05, 4.69) is 5.32 Å². The number of hydrogen-bond acceptors (Lipinski definition) is 1. The second kappa shape index (κ2) is 3.88. The van der Waals surface area contributed by atoms with Crippen LogP contribution in [0.4, 0.5) is 4.79 Å². The van der Waals surface area contributed by atoms with Crippen LogP contribution in [0, 0.1) is 23.2 Å². The molecule has 3 nitrogen and oxygen atoms in total. The lowest BCUT2D eigenvalue weighted by atomic mass is 9.49. The smallest absolute Gasteiger partial charge is 0.317 e. The number of amides is 2. The molecule has 1 aliphatic heterocycles. The number of carbonyl (C=O) groups is 1. The first-order valence-electron chi connectivity index (χ1n) is 7.75. The van der Waals surface area contributed by atoms with Crippen LogP contribution in [0.1, 0.15) is 44.9 Å². The van der Waals surface area contributed by atoms with E-state index in [0.717, 1.165) is 37.4 Å². The zero-order chi connectivity index (χ0) is 12.2. The normalized spacial score (nSPS) is 45.7. The van der Waals surface area contributed by atoms with Gasteiger partial charge in [0.05, 0.1) is 0 Å². The lowest BCUT2D eigenvalue weighted by Gasteiger charge is -2.57. The molecule has 0 aromatic carbocycles. The molecule has 3 heteroatoms. The zero-order valence-corrected chi connectivity index (χ0v) is 11.2. The molecule has 0 radical (unpaired) electrons. The Morgan fingerprint density at radius 3 is 2.22 bits per heavy atom. The predicted molar refractivity (Wildman–Crippen MR) is 70.2 cm³/mol. The van der Waals surface area contributed by atoms with E-state index in [1.807, 2.05) is 4.90 Å². The molecular formula is C15H24N2O. The van der Waals surface area contributed by atoms with Crippen LogP contribution in [-0.4, -0.2) is 30.6 Å². The van der Waals surface area contributed by atoms with Gasteiger partial charge in [0.25, 0.3) is 0 Å². The van der Waals surface area contributed by atoms with Crippen LogP contribution in [0.5, 0.6) is 0 Å². The third kappa shape index (κ3) is 1.74. The van der Waals surface area contributed by atoms with E-state index < -0.39 is 0 Å². The Labute approximate surface area is 109 Å². The SMILES string of the molecule is O=C1NCCN1CCC12CC3CC(CC(C3)C1)C2. The second-order valence-electron chi connectivity index (χ2n) is 7.39. The molecule has 1 heterocycles. The molecule has 0 atom stereocenters. The van der Waals surface area contributed by atoms with Crippen molar-refractivity contribution >= 4 is 6.03 Å². The summed E-state index contributed by atoms with van der Waals surface area (Å²) in [5.74, 6) is 3.09. The van der Waals surface area contributed by atoms with Gasteiger partial charge in [-0.2, -0.15) is 0 Å². The molecule has 5 rings (SSSR count). The summed E-state index contributed by atoms with van der Waals surface area (Å²) >= 11 is 0. The average Bonchev–Trinajstić information content (AvgIpc) is 2.70. The van der Waals surface area contributed by atoms with Crippen molar-refractivity contribution < 1.29 is 4.79 Å². The molecule has 0 unspecified atom stereocenters. The van der Waals surface area contributed by atoms with Crippen molar-refractivity contribution in [2.24, 2.45) is 23.2 Å². The quantitative estimate of drug-likeness (QED) is 0.818. The van der Waals surface area contributed by atoms with Gasteiger partial charge in [-0.3, -0.25) is 0 Å². The summed E-state index contributed by atoms with van der Waals surface area (Å²) in [6.07, 6.45) is 10.2. The molecular weight excluding hydrogens is 224 g/mol. The number of nitrogens with zero attached hydrogens (tertiary/aromatic N) is 1. The fourth-order valence-corrected chi connectivity index (χ4v) is 5.69. The van der Waals surface area contributed by atoms with Gasteiger partial charge < -0.3 is 10.2 Å². The third-order valence-corrected chi connectivity index (χ3v) is 6.02. The van der Waals surface area contributed by atoms with E-state index in [1.165, 1.54) is 44.9 Å². The van der Waals surface area contributed by atoms with E-state index in [9.17, 15) is 4.79 Å². The van der Waals surface area contributed by atoms with Crippen molar-refractivity contribution in [3.05, 3.63) is 0 Å². The predicted octanol–water partition coefficient (Wildman–Crippen LogP) is 2.62. The van der Waals surface area contributed by atoms with Crippen molar-refractivity contribution in [2.45, 2.75) is 44.9 Å². The van der Waals surface area contributed by atoms with E-state index in [1.54, 1.807) is 0 Å². The van der Waals surface area contributed by atoms with Gasteiger partial charge in [-0.25, -0.2) is 4.79 Å². The first-order valence-corrected chi connectivity index (χ1v) is 7.75. The lowest BCUT2D eigenvalue weighted by molar-refractivity contribution is -0.0592. The first-order chi connectivity index (χ1) is 8.72. The molecule has 4 saturated carbocycles. The molecule has 18 heavy (non-hydrogen) atoms. The van der Waals surface area contributed by atoms with Crippen molar-refractivity contribution in [1.82, 2.24) is 10.2 Å². The summed E-state index contributed by atoms with van der Waals surface area (Å²) in [5, 5.41) is 2.92. The maximum atomic E-state index is 11.6. The van der Waals surface area contributed by atoms with E-state index in [0.29, 0.717) is 5.41 Å². The second-order valence-corrected chi connectivity index (χ2v) is 7.39. The Balaban J connectivity index is 1.43.